The fourth-order valence-corrected chi connectivity index (χ4v) is 4.39. The second-order valence-corrected chi connectivity index (χ2v) is 8.30. The van der Waals surface area contributed by atoms with Crippen LogP contribution in [0.5, 0.6) is 0 Å². The molecule has 3 rings (SSSR count). The summed E-state index contributed by atoms with van der Waals surface area (Å²) >= 11 is 2.02. The van der Waals surface area contributed by atoms with Crippen LogP contribution < -0.4 is 16.0 Å². The summed E-state index contributed by atoms with van der Waals surface area (Å²) in [6.45, 7) is 6.40. The molecule has 2 aliphatic heterocycles. The molecule has 0 atom stereocenters. The van der Waals surface area contributed by atoms with Crippen LogP contribution in [0.1, 0.15) is 25.3 Å². The molecule has 0 bridgehead atoms. The Hall–Kier alpha value is -1.36. The Bertz CT molecular complexity index is 659. The van der Waals surface area contributed by atoms with Crippen molar-refractivity contribution >= 4 is 53.5 Å². The van der Waals surface area contributed by atoms with Gasteiger partial charge in [0.2, 0.25) is 0 Å². The number of thioether (sulfide) groups is 1. The number of ether oxygens (including phenoxy) is 1. The van der Waals surface area contributed by atoms with E-state index in [1.807, 2.05) is 18.7 Å². The number of anilines is 1. The minimum absolute atomic E-state index is 0. The van der Waals surface area contributed by atoms with Crippen LogP contribution in [0, 0.1) is 0 Å². The van der Waals surface area contributed by atoms with Gasteiger partial charge in [0.15, 0.2) is 5.96 Å². The van der Waals surface area contributed by atoms with Gasteiger partial charge in [0, 0.05) is 49.4 Å². The van der Waals surface area contributed by atoms with Gasteiger partial charge in [0.1, 0.15) is 0 Å². The Morgan fingerprint density at radius 2 is 1.86 bits per heavy atom. The first-order valence-electron chi connectivity index (χ1n) is 10.1. The molecule has 0 radical (unpaired) electrons. The quantitative estimate of drug-likeness (QED) is 0.344. The molecule has 29 heavy (non-hydrogen) atoms. The highest BCUT2D eigenvalue weighted by atomic mass is 127. The normalized spacial score (nSPS) is 18.2. The van der Waals surface area contributed by atoms with E-state index in [0.717, 1.165) is 31.5 Å². The number of carbonyl (C=O) groups excluding carboxylic acids is 1. The molecule has 1 aromatic carbocycles. The Morgan fingerprint density at radius 3 is 2.48 bits per heavy atom. The summed E-state index contributed by atoms with van der Waals surface area (Å²) in [5, 5.41) is 3.28. The Kier molecular flexibility index (Phi) is 10.2. The van der Waals surface area contributed by atoms with Gasteiger partial charge < -0.3 is 25.6 Å². The number of benzene rings is 1. The predicted octanol–water partition coefficient (Wildman–Crippen LogP) is 2.88. The van der Waals surface area contributed by atoms with E-state index in [1.165, 1.54) is 17.2 Å². The second-order valence-electron chi connectivity index (χ2n) is 7.07. The average Bonchev–Trinajstić information content (AvgIpc) is 2.74. The number of likely N-dealkylation sites (tertiary alicyclic amines) is 1. The Labute approximate surface area is 194 Å². The summed E-state index contributed by atoms with van der Waals surface area (Å²) in [4.78, 5) is 20.4. The zero-order chi connectivity index (χ0) is 19.8. The van der Waals surface area contributed by atoms with Gasteiger partial charge >= 0.3 is 6.09 Å². The fraction of sp³-hybridized carbons (Fsp3) is 0.600. The maximum Gasteiger partial charge on any atom is 0.409 e. The van der Waals surface area contributed by atoms with Gasteiger partial charge in [-0.25, -0.2) is 9.79 Å². The smallest absolute Gasteiger partial charge is 0.409 e. The minimum atomic E-state index is -0.227. The van der Waals surface area contributed by atoms with E-state index >= 15 is 0 Å². The number of guanidine groups is 1. The first-order chi connectivity index (χ1) is 13.7. The van der Waals surface area contributed by atoms with Gasteiger partial charge in [-0.15, -0.1) is 24.0 Å². The molecular formula is C20H32IN5O2S. The number of rotatable bonds is 5. The van der Waals surface area contributed by atoms with E-state index in [-0.39, 0.29) is 36.1 Å². The van der Waals surface area contributed by atoms with E-state index < -0.39 is 0 Å². The molecule has 2 saturated heterocycles. The highest BCUT2D eigenvalue weighted by molar-refractivity contribution is 14.0. The van der Waals surface area contributed by atoms with Crippen LogP contribution in [0.4, 0.5) is 10.5 Å². The number of hydrogen-bond donors (Lipinski definition) is 2. The molecule has 0 spiro atoms. The third kappa shape index (κ3) is 7.44. The molecule has 162 valence electrons. The number of amides is 1. The largest absolute Gasteiger partial charge is 0.450 e. The molecule has 3 N–H and O–H groups in total. The Morgan fingerprint density at radius 1 is 1.21 bits per heavy atom. The van der Waals surface area contributed by atoms with E-state index in [1.54, 1.807) is 4.90 Å². The number of aliphatic imine (C=N–C) groups is 1. The molecule has 1 aromatic rings. The average molecular weight is 533 g/mol. The lowest BCUT2D eigenvalue weighted by atomic mass is 10.1. The number of hydrogen-bond acceptors (Lipinski definition) is 5. The first kappa shape index (κ1) is 23.9. The van der Waals surface area contributed by atoms with E-state index in [2.05, 4.69) is 39.5 Å². The molecule has 2 aliphatic rings. The second kappa shape index (κ2) is 12.4. The van der Waals surface area contributed by atoms with E-state index in [0.29, 0.717) is 32.2 Å². The van der Waals surface area contributed by atoms with E-state index in [9.17, 15) is 4.79 Å². The van der Waals surface area contributed by atoms with Crippen LogP contribution in [-0.4, -0.2) is 67.3 Å². The highest BCUT2D eigenvalue weighted by Crippen LogP contribution is 2.20. The number of halogens is 1. The molecule has 0 aliphatic carbocycles. The van der Waals surface area contributed by atoms with Crippen LogP contribution >= 0.6 is 35.7 Å². The van der Waals surface area contributed by atoms with Crippen molar-refractivity contribution in [2.24, 2.45) is 10.7 Å². The molecule has 1 amide bonds. The van der Waals surface area contributed by atoms with Gasteiger partial charge in [-0.05, 0) is 37.5 Å². The zero-order valence-electron chi connectivity index (χ0n) is 17.0. The van der Waals surface area contributed by atoms with Crippen LogP contribution in [0.15, 0.2) is 29.3 Å². The van der Waals surface area contributed by atoms with Crippen molar-refractivity contribution in [1.29, 1.82) is 0 Å². The van der Waals surface area contributed by atoms with Crippen LogP contribution in [-0.2, 0) is 11.3 Å². The van der Waals surface area contributed by atoms with Gasteiger partial charge in [-0.1, -0.05) is 12.1 Å². The minimum Gasteiger partial charge on any atom is -0.450 e. The standard InChI is InChI=1S/C20H31N5O2S.HI/c1-2-27-20(26)25-9-7-17(8-10-25)23-19(21)22-15-16-3-5-18(6-4-16)24-11-13-28-14-12-24;/h3-6,17H,2,7-15H2,1H3,(H3,21,22,23);1H. The molecule has 2 fully saturated rings. The SMILES string of the molecule is CCOC(=O)N1CCC(NC(N)=NCc2ccc(N3CCSCC3)cc2)CC1.I. The maximum atomic E-state index is 11.7. The molecule has 2 heterocycles. The third-order valence-electron chi connectivity index (χ3n) is 5.12. The van der Waals surface area contributed by atoms with Crippen LogP contribution in [0.2, 0.25) is 0 Å². The lowest BCUT2D eigenvalue weighted by Crippen LogP contribution is -2.48. The summed E-state index contributed by atoms with van der Waals surface area (Å²) in [6, 6.07) is 8.86. The van der Waals surface area contributed by atoms with Gasteiger partial charge in [-0.2, -0.15) is 11.8 Å². The summed E-state index contributed by atoms with van der Waals surface area (Å²) in [5.74, 6) is 2.87. The fourth-order valence-electron chi connectivity index (χ4n) is 3.49. The van der Waals surface area contributed by atoms with Crippen LogP contribution in [0.3, 0.4) is 0 Å². The monoisotopic (exact) mass is 533 g/mol. The van der Waals surface area contributed by atoms with Crippen molar-refractivity contribution in [3.63, 3.8) is 0 Å². The van der Waals surface area contributed by atoms with Crippen molar-refractivity contribution in [1.82, 2.24) is 10.2 Å². The van der Waals surface area contributed by atoms with Crippen molar-refractivity contribution in [2.75, 3.05) is 49.2 Å². The van der Waals surface area contributed by atoms with Crippen molar-refractivity contribution < 1.29 is 9.53 Å². The Balaban J connectivity index is 0.00000300. The maximum absolute atomic E-state index is 11.7. The molecular weight excluding hydrogens is 501 g/mol. The lowest BCUT2D eigenvalue weighted by molar-refractivity contribution is 0.0963. The number of nitrogens with one attached hydrogen (secondary N) is 1. The molecule has 0 unspecified atom stereocenters. The number of carbonyl (C=O) groups is 1. The zero-order valence-corrected chi connectivity index (χ0v) is 20.2. The highest BCUT2D eigenvalue weighted by Gasteiger charge is 2.23. The summed E-state index contributed by atoms with van der Waals surface area (Å²) in [6.07, 6.45) is 1.46. The number of nitrogens with zero attached hydrogens (tertiary/aromatic N) is 3. The number of nitrogens with two attached hydrogens (primary N) is 1. The molecule has 0 saturated carbocycles. The van der Waals surface area contributed by atoms with Crippen molar-refractivity contribution in [2.45, 2.75) is 32.4 Å². The summed E-state index contributed by atoms with van der Waals surface area (Å²) in [7, 11) is 0. The van der Waals surface area contributed by atoms with Crippen molar-refractivity contribution in [3.05, 3.63) is 29.8 Å². The molecule has 9 heteroatoms. The van der Waals surface area contributed by atoms with Gasteiger partial charge in [-0.3, -0.25) is 0 Å². The molecule has 0 aromatic heterocycles. The topological polar surface area (TPSA) is 83.2 Å². The number of piperidine rings is 1. The first-order valence-corrected chi connectivity index (χ1v) is 11.2. The van der Waals surface area contributed by atoms with Crippen molar-refractivity contribution in [3.8, 4) is 0 Å². The lowest BCUT2D eigenvalue weighted by Gasteiger charge is -2.31. The predicted molar refractivity (Wildman–Crippen MR) is 131 cm³/mol. The van der Waals surface area contributed by atoms with Gasteiger partial charge in [0.05, 0.1) is 13.2 Å². The summed E-state index contributed by atoms with van der Waals surface area (Å²) in [5.41, 5.74) is 8.50. The summed E-state index contributed by atoms with van der Waals surface area (Å²) < 4.78 is 5.05. The van der Waals surface area contributed by atoms with Gasteiger partial charge in [0.25, 0.3) is 0 Å². The van der Waals surface area contributed by atoms with Crippen LogP contribution in [0.25, 0.3) is 0 Å². The van der Waals surface area contributed by atoms with E-state index in [4.69, 9.17) is 10.5 Å². The molecule has 7 nitrogen and oxygen atoms in total. The third-order valence-corrected chi connectivity index (χ3v) is 6.06.